The van der Waals surface area contributed by atoms with Crippen LogP contribution in [0.25, 0.3) is 27.7 Å². The van der Waals surface area contributed by atoms with E-state index in [1.54, 1.807) is 11.3 Å². The third-order valence-electron chi connectivity index (χ3n) is 4.66. The van der Waals surface area contributed by atoms with Crippen molar-refractivity contribution >= 4 is 43.7 Å². The zero-order valence-electron chi connectivity index (χ0n) is 13.9. The van der Waals surface area contributed by atoms with Crippen molar-refractivity contribution in [3.8, 4) is 11.3 Å². The van der Waals surface area contributed by atoms with Gasteiger partial charge in [0.1, 0.15) is 5.65 Å². The molecular formula is C22H15BrN2S. The minimum absolute atomic E-state index is 0.866. The summed E-state index contributed by atoms with van der Waals surface area (Å²) in [5.41, 5.74) is 5.75. The highest BCUT2D eigenvalue weighted by Gasteiger charge is 2.16. The highest BCUT2D eigenvalue weighted by molar-refractivity contribution is 9.10. The minimum atomic E-state index is 0.866. The second kappa shape index (κ2) is 6.38. The Morgan fingerprint density at radius 3 is 2.77 bits per heavy atom. The predicted molar refractivity (Wildman–Crippen MR) is 113 cm³/mol. The third-order valence-corrected chi connectivity index (χ3v) is 5.89. The van der Waals surface area contributed by atoms with E-state index in [0.717, 1.165) is 27.8 Å². The predicted octanol–water partition coefficient (Wildman–Crippen LogP) is 6.57. The van der Waals surface area contributed by atoms with Crippen molar-refractivity contribution in [3.63, 3.8) is 0 Å². The number of imidazole rings is 1. The summed E-state index contributed by atoms with van der Waals surface area (Å²) < 4.78 is 3.31. The Kier molecular flexibility index (Phi) is 3.88. The second-order valence-corrected chi connectivity index (χ2v) is 8.02. The first-order chi connectivity index (χ1) is 12.8. The summed E-state index contributed by atoms with van der Waals surface area (Å²) in [4.78, 5) is 5.08. The van der Waals surface area contributed by atoms with E-state index < -0.39 is 0 Å². The molecule has 2 aromatic carbocycles. The lowest BCUT2D eigenvalue weighted by molar-refractivity contribution is 1.04. The molecule has 0 unspecified atom stereocenters. The van der Waals surface area contributed by atoms with Gasteiger partial charge in [-0.15, -0.1) is 0 Å². The first-order valence-electron chi connectivity index (χ1n) is 8.45. The lowest BCUT2D eigenvalue weighted by Gasteiger charge is -2.06. The standard InChI is InChI=1S/C22H15BrN2S/c23-18-6-3-5-17(13-18)21-20(12-15-9-11-26-14-15)25-10-8-16-4-1-2-7-19(16)22(25)24-21/h1-11,13-14H,12H2. The maximum atomic E-state index is 5.08. The molecule has 3 aromatic heterocycles. The molecule has 0 saturated heterocycles. The second-order valence-electron chi connectivity index (χ2n) is 6.32. The molecule has 0 atom stereocenters. The van der Waals surface area contributed by atoms with Gasteiger partial charge in [-0.25, -0.2) is 4.98 Å². The highest BCUT2D eigenvalue weighted by Crippen LogP contribution is 2.31. The van der Waals surface area contributed by atoms with Crippen LogP contribution in [-0.4, -0.2) is 9.38 Å². The lowest BCUT2D eigenvalue weighted by atomic mass is 10.1. The average molecular weight is 419 g/mol. The molecule has 26 heavy (non-hydrogen) atoms. The van der Waals surface area contributed by atoms with Crippen LogP contribution in [0, 0.1) is 0 Å². The fourth-order valence-electron chi connectivity index (χ4n) is 3.44. The van der Waals surface area contributed by atoms with E-state index in [1.165, 1.54) is 22.0 Å². The molecule has 0 bridgehead atoms. The van der Waals surface area contributed by atoms with Gasteiger partial charge in [0.05, 0.1) is 11.4 Å². The van der Waals surface area contributed by atoms with E-state index in [2.05, 4.69) is 91.9 Å². The van der Waals surface area contributed by atoms with Gasteiger partial charge in [0.2, 0.25) is 0 Å². The van der Waals surface area contributed by atoms with Crippen LogP contribution < -0.4 is 0 Å². The molecule has 2 nitrogen and oxygen atoms in total. The molecule has 126 valence electrons. The summed E-state index contributed by atoms with van der Waals surface area (Å²) in [7, 11) is 0. The number of aromatic nitrogens is 2. The number of nitrogens with zero attached hydrogens (tertiary/aromatic N) is 2. The average Bonchev–Trinajstić information content (AvgIpc) is 3.30. The summed E-state index contributed by atoms with van der Waals surface area (Å²) in [5, 5.41) is 6.74. The van der Waals surface area contributed by atoms with Crippen LogP contribution in [0.4, 0.5) is 0 Å². The number of hydrogen-bond donors (Lipinski definition) is 0. The van der Waals surface area contributed by atoms with Crippen LogP contribution >= 0.6 is 27.3 Å². The largest absolute Gasteiger partial charge is 0.303 e. The molecule has 0 saturated carbocycles. The Hall–Kier alpha value is -2.43. The van der Waals surface area contributed by atoms with E-state index in [9.17, 15) is 0 Å². The third kappa shape index (κ3) is 2.66. The normalized spacial score (nSPS) is 11.4. The van der Waals surface area contributed by atoms with Gasteiger partial charge in [-0.2, -0.15) is 11.3 Å². The van der Waals surface area contributed by atoms with Gasteiger partial charge in [0.25, 0.3) is 0 Å². The molecule has 0 aliphatic rings. The Bertz CT molecular complexity index is 1220. The first-order valence-corrected chi connectivity index (χ1v) is 10.2. The van der Waals surface area contributed by atoms with E-state index in [0.29, 0.717) is 0 Å². The van der Waals surface area contributed by atoms with Gasteiger partial charge < -0.3 is 4.40 Å². The van der Waals surface area contributed by atoms with E-state index >= 15 is 0 Å². The number of hydrogen-bond acceptors (Lipinski definition) is 2. The molecule has 0 amide bonds. The Balaban J connectivity index is 1.82. The monoisotopic (exact) mass is 418 g/mol. The van der Waals surface area contributed by atoms with E-state index in [4.69, 9.17) is 4.98 Å². The van der Waals surface area contributed by atoms with Crippen molar-refractivity contribution in [1.82, 2.24) is 9.38 Å². The van der Waals surface area contributed by atoms with Gasteiger partial charge in [-0.05, 0) is 46.0 Å². The maximum Gasteiger partial charge on any atom is 0.145 e. The summed E-state index contributed by atoms with van der Waals surface area (Å²) in [5.74, 6) is 0. The molecule has 0 N–H and O–H groups in total. The molecule has 3 heterocycles. The van der Waals surface area contributed by atoms with Crippen LogP contribution in [0.5, 0.6) is 0 Å². The summed E-state index contributed by atoms with van der Waals surface area (Å²) in [6.45, 7) is 0. The summed E-state index contributed by atoms with van der Waals surface area (Å²) in [6.07, 6.45) is 3.01. The van der Waals surface area contributed by atoms with Crippen molar-refractivity contribution < 1.29 is 0 Å². The topological polar surface area (TPSA) is 17.3 Å². The highest BCUT2D eigenvalue weighted by atomic mass is 79.9. The molecule has 0 aliphatic heterocycles. The number of thiophene rings is 1. The number of benzene rings is 2. The number of pyridine rings is 1. The van der Waals surface area contributed by atoms with Crippen molar-refractivity contribution in [2.24, 2.45) is 0 Å². The van der Waals surface area contributed by atoms with E-state index in [-0.39, 0.29) is 0 Å². The van der Waals surface area contributed by atoms with Crippen molar-refractivity contribution in [2.45, 2.75) is 6.42 Å². The fraction of sp³-hybridized carbons (Fsp3) is 0.0455. The van der Waals surface area contributed by atoms with Crippen molar-refractivity contribution in [3.05, 3.63) is 93.4 Å². The van der Waals surface area contributed by atoms with Crippen LogP contribution in [0.15, 0.2) is 82.1 Å². The van der Waals surface area contributed by atoms with Gasteiger partial charge in [-0.3, -0.25) is 0 Å². The number of fused-ring (bicyclic) bond motifs is 3. The van der Waals surface area contributed by atoms with Gasteiger partial charge in [-0.1, -0.05) is 52.3 Å². The van der Waals surface area contributed by atoms with Gasteiger partial charge in [0.15, 0.2) is 0 Å². The Labute approximate surface area is 163 Å². The first kappa shape index (κ1) is 15.8. The molecule has 5 aromatic rings. The number of rotatable bonds is 3. The molecule has 0 spiro atoms. The van der Waals surface area contributed by atoms with Crippen molar-refractivity contribution in [1.29, 1.82) is 0 Å². The molecule has 0 fully saturated rings. The molecule has 0 radical (unpaired) electrons. The maximum absolute atomic E-state index is 5.08. The Morgan fingerprint density at radius 2 is 1.92 bits per heavy atom. The van der Waals surface area contributed by atoms with Gasteiger partial charge in [0, 0.05) is 28.0 Å². The fourth-order valence-corrected chi connectivity index (χ4v) is 4.51. The molecule has 4 heteroatoms. The van der Waals surface area contributed by atoms with Crippen LogP contribution in [0.3, 0.4) is 0 Å². The SMILES string of the molecule is Brc1cccc(-c2nc3c4ccccc4ccn3c2Cc2ccsc2)c1. The van der Waals surface area contributed by atoms with Crippen molar-refractivity contribution in [2.75, 3.05) is 0 Å². The molecule has 5 rings (SSSR count). The van der Waals surface area contributed by atoms with Crippen LogP contribution in [0.2, 0.25) is 0 Å². The summed E-state index contributed by atoms with van der Waals surface area (Å²) in [6, 6.07) is 21.2. The summed E-state index contributed by atoms with van der Waals surface area (Å²) >= 11 is 5.33. The molecule has 0 aliphatic carbocycles. The van der Waals surface area contributed by atoms with Crippen LogP contribution in [0.1, 0.15) is 11.3 Å². The quantitative estimate of drug-likeness (QED) is 0.323. The smallest absolute Gasteiger partial charge is 0.145 e. The zero-order chi connectivity index (χ0) is 17.5. The Morgan fingerprint density at radius 1 is 1.00 bits per heavy atom. The van der Waals surface area contributed by atoms with Crippen LogP contribution in [-0.2, 0) is 6.42 Å². The lowest BCUT2D eigenvalue weighted by Crippen LogP contribution is -1.96. The minimum Gasteiger partial charge on any atom is -0.303 e. The van der Waals surface area contributed by atoms with E-state index in [1.807, 2.05) is 6.07 Å². The number of halogens is 1. The molecular weight excluding hydrogens is 404 g/mol. The van der Waals surface area contributed by atoms with Gasteiger partial charge >= 0.3 is 0 Å². The zero-order valence-corrected chi connectivity index (χ0v) is 16.3.